The summed E-state index contributed by atoms with van der Waals surface area (Å²) in [6.45, 7) is -0.581. The molecule has 0 saturated carbocycles. The SMILES string of the molecule is C#CCN1C(=O)COc2cc(F)c(N=c3snc4n3CC(C)(C)C4)cc21.COc1cc(OC)nc(NC(=O)NS(=O)(=O)c2ncccc2C(=O)N(C)C)n1.CP(=O)(O)CCC(N)C(=O)O.O=C(Nc1nc(OC(F)F)cc(OC(F)F)n1)NS(=O)(=O)c1ccccc1C(=O)O. The Morgan fingerprint density at radius 3 is 1.95 bits per heavy atom. The number of amides is 6. The Hall–Kier alpha value is -10.2. The maximum atomic E-state index is 14.5. The molecule has 6 aromatic rings. The number of rotatable bonds is 20. The predicted molar refractivity (Wildman–Crippen MR) is 322 cm³/mol. The van der Waals surface area contributed by atoms with Gasteiger partial charge in [0.2, 0.25) is 40.2 Å². The van der Waals surface area contributed by atoms with Crippen LogP contribution in [0.4, 0.5) is 54.8 Å². The molecule has 6 amide bonds. The number of carbonyl (C=O) groups excluding carboxylic acids is 4. The van der Waals surface area contributed by atoms with Crippen LogP contribution in [-0.4, -0.2) is 180 Å². The molecule has 0 fully saturated rings. The van der Waals surface area contributed by atoms with Crippen molar-refractivity contribution in [3.05, 3.63) is 94.4 Å². The number of anilines is 3. The minimum atomic E-state index is -4.71. The first kappa shape index (κ1) is 75.5. The molecule has 4 aromatic heterocycles. The lowest BCUT2D eigenvalue weighted by molar-refractivity contribution is -0.138. The van der Waals surface area contributed by atoms with Crippen LogP contribution in [0.25, 0.3) is 0 Å². The number of carboxylic acid groups (broad SMARTS) is 2. The fraction of sp³-hybridized carbons (Fsp3) is 0.327. The van der Waals surface area contributed by atoms with Crippen molar-refractivity contribution in [1.29, 1.82) is 0 Å². The Bertz CT molecular complexity index is 4200. The summed E-state index contributed by atoms with van der Waals surface area (Å²) in [5, 5.41) is 20.6. The highest BCUT2D eigenvalue weighted by Gasteiger charge is 2.33. The average Bonchev–Trinajstić information content (AvgIpc) is 1.76. The number of aromatic nitrogens is 7. The molecule has 2 aliphatic heterocycles. The second-order valence-corrected chi connectivity index (χ2v) is 26.6. The number of hydrogen-bond donors (Lipinski definition) is 8. The number of nitrogens with zero attached hydrogens (tertiary/aromatic N) is 10. The van der Waals surface area contributed by atoms with Crippen molar-refractivity contribution in [3.8, 4) is 41.6 Å². The minimum Gasteiger partial charge on any atom is -0.481 e. The molecule has 2 aromatic carbocycles. The zero-order valence-electron chi connectivity index (χ0n) is 50.4. The van der Waals surface area contributed by atoms with Crippen molar-refractivity contribution >= 4 is 98.0 Å². The van der Waals surface area contributed by atoms with E-state index in [2.05, 4.69) is 68.8 Å². The third-order valence-electron chi connectivity index (χ3n) is 11.8. The number of carboxylic acids is 2. The highest BCUT2D eigenvalue weighted by atomic mass is 32.2. The van der Waals surface area contributed by atoms with E-state index < -0.39 is 116 Å². The topological polar surface area (TPSA) is 470 Å². The predicted octanol–water partition coefficient (Wildman–Crippen LogP) is 3.93. The molecule has 512 valence electrons. The van der Waals surface area contributed by atoms with Crippen molar-refractivity contribution in [2.45, 2.75) is 62.4 Å². The summed E-state index contributed by atoms with van der Waals surface area (Å²) < 4.78 is 157. The number of benzene rings is 2. The van der Waals surface area contributed by atoms with Crippen LogP contribution in [0.3, 0.4) is 0 Å². The second-order valence-electron chi connectivity index (χ2n) is 20.0. The number of methoxy groups -OCH3 is 2. The highest BCUT2D eigenvalue weighted by molar-refractivity contribution is 7.90. The van der Waals surface area contributed by atoms with Crippen LogP contribution >= 0.6 is 18.9 Å². The van der Waals surface area contributed by atoms with Gasteiger partial charge in [0.1, 0.15) is 28.2 Å². The first-order chi connectivity index (χ1) is 44.4. The lowest BCUT2D eigenvalue weighted by atomic mass is 9.92. The molecule has 8 rings (SSSR count). The van der Waals surface area contributed by atoms with Gasteiger partial charge in [-0.15, -0.1) is 6.42 Å². The monoisotopic (exact) mass is 1420 g/mol. The standard InChI is InChI=1S/C18H17FN4O2S.C15H18N6O6S.C14H10F4N4O7S.C5H12NO4P/c1-4-5-22-13-7-12(11(19)6-14(13)25-9-16(22)24)20-17-23-10-18(2,3)8-15(23)21-26-17;1-21(2)13(22)9-6-5-7-16-12(9)28(24,25)20-15(23)19-14-17-10(26-3)8-11(18-14)27-4;15-11(16)28-8-5-9(29-12(17)18)20-13(19-8)21-14(25)22-30(26,27)7-4-2-1-3-6(7)10(23)24;1-11(9,10)3-2-4(6)5(7)8/h1,6-7H,5,8-10H2,2-3H3;5-8H,1-4H3,(H2,17,18,19,20,23);1-5,11-12H,(H,23,24)(H2,19,20,21,22,25);4H,2-3,6H2,1H3,(H,7,8)(H,9,10). The molecule has 95 heavy (non-hydrogen) atoms. The zero-order valence-corrected chi connectivity index (χ0v) is 53.7. The molecule has 34 nitrogen and oxygen atoms in total. The molecule has 0 bridgehead atoms. The number of nitrogens with two attached hydrogens (primary N) is 1. The Kier molecular flexibility index (Phi) is 25.9. The van der Waals surface area contributed by atoms with Gasteiger partial charge in [-0.1, -0.05) is 31.9 Å². The van der Waals surface area contributed by atoms with Crippen molar-refractivity contribution in [3.63, 3.8) is 0 Å². The van der Waals surface area contributed by atoms with Gasteiger partial charge < -0.3 is 54.0 Å². The number of aromatic carboxylic acids is 1. The summed E-state index contributed by atoms with van der Waals surface area (Å²) in [6.07, 6.45) is 7.41. The number of nitrogens with one attached hydrogen (secondary N) is 4. The second kappa shape index (κ2) is 32.6. The molecular weight excluding hydrogens is 1360 g/mol. The number of pyridine rings is 1. The Morgan fingerprint density at radius 2 is 1.42 bits per heavy atom. The van der Waals surface area contributed by atoms with Crippen LogP contribution < -0.4 is 59.2 Å². The molecule has 9 N–H and O–H groups in total. The lowest BCUT2D eigenvalue weighted by Crippen LogP contribution is -2.39. The van der Waals surface area contributed by atoms with E-state index >= 15 is 0 Å². The summed E-state index contributed by atoms with van der Waals surface area (Å²) in [7, 11) is -6.67. The Balaban J connectivity index is 0.000000239. The van der Waals surface area contributed by atoms with E-state index in [9.17, 15) is 72.1 Å². The van der Waals surface area contributed by atoms with Gasteiger partial charge in [0, 0.05) is 63.7 Å². The van der Waals surface area contributed by atoms with Gasteiger partial charge in [0.15, 0.2) is 24.8 Å². The molecule has 43 heteroatoms. The maximum absolute atomic E-state index is 14.5. The summed E-state index contributed by atoms with van der Waals surface area (Å²) in [5.41, 5.74) is 4.94. The van der Waals surface area contributed by atoms with Crippen LogP contribution in [0.15, 0.2) is 81.8 Å². The van der Waals surface area contributed by atoms with Crippen LogP contribution in [0.5, 0.6) is 29.3 Å². The van der Waals surface area contributed by atoms with Crippen molar-refractivity contribution in [2.75, 3.05) is 69.8 Å². The number of terminal acetylenes is 1. The molecule has 2 aliphatic rings. The largest absolute Gasteiger partial charge is 0.481 e. The number of sulfonamides is 2. The number of alkyl halides is 4. The summed E-state index contributed by atoms with van der Waals surface area (Å²) >= 11 is 1.24. The number of fused-ring (bicyclic) bond motifs is 2. The molecule has 0 spiro atoms. The summed E-state index contributed by atoms with van der Waals surface area (Å²) in [6, 6.07) is 7.85. The van der Waals surface area contributed by atoms with Gasteiger partial charge in [0.05, 0.1) is 49.7 Å². The Labute approximate surface area is 539 Å². The number of urea groups is 2. The average molecular weight is 1420 g/mol. The van der Waals surface area contributed by atoms with Gasteiger partial charge in [-0.3, -0.25) is 34.5 Å². The van der Waals surface area contributed by atoms with Crippen molar-refractivity contribution in [1.82, 2.24) is 48.2 Å². The lowest BCUT2D eigenvalue weighted by Gasteiger charge is -2.28. The molecule has 0 saturated heterocycles. The maximum Gasteiger partial charge on any atom is 0.388 e. The number of carbonyl (C=O) groups is 6. The molecule has 2 atom stereocenters. The van der Waals surface area contributed by atoms with Gasteiger partial charge in [-0.05, 0) is 42.2 Å². The molecule has 0 aliphatic carbocycles. The molecule has 6 heterocycles. The number of halogens is 5. The Morgan fingerprint density at radius 1 is 0.874 bits per heavy atom. The molecule has 0 radical (unpaired) electrons. The first-order valence-corrected chi connectivity index (χ1v) is 32.4. The van der Waals surface area contributed by atoms with Crippen LogP contribution in [0.2, 0.25) is 0 Å². The smallest absolute Gasteiger partial charge is 0.388 e. The quantitative estimate of drug-likeness (QED) is 0.0305. The van der Waals surface area contributed by atoms with Crippen LogP contribution in [0, 0.1) is 23.6 Å². The number of hydrogen-bond acceptors (Lipinski definition) is 25. The van der Waals surface area contributed by atoms with E-state index in [1.807, 2.05) is 4.57 Å². The third-order valence-corrected chi connectivity index (χ3v) is 16.3. The van der Waals surface area contributed by atoms with E-state index in [0.29, 0.717) is 22.3 Å². The van der Waals surface area contributed by atoms with E-state index in [0.717, 1.165) is 30.9 Å². The summed E-state index contributed by atoms with van der Waals surface area (Å²) in [4.78, 5) is 103. The fourth-order valence-corrected chi connectivity index (χ4v) is 11.3. The van der Waals surface area contributed by atoms with Crippen LogP contribution in [0.1, 0.15) is 46.8 Å². The van der Waals surface area contributed by atoms with Crippen LogP contribution in [-0.2, 0) is 47.2 Å². The van der Waals surface area contributed by atoms with E-state index in [1.54, 1.807) is 10.0 Å². The van der Waals surface area contributed by atoms with E-state index in [1.165, 1.54) is 110 Å². The normalized spacial score (nSPS) is 13.9. The van der Waals surface area contributed by atoms with Gasteiger partial charge in [0.25, 0.3) is 31.9 Å². The fourth-order valence-electron chi connectivity index (χ4n) is 7.67. The van der Waals surface area contributed by atoms with E-state index in [-0.39, 0.29) is 66.0 Å². The number of ether oxygens (including phenoxy) is 5. The van der Waals surface area contributed by atoms with Gasteiger partial charge in [-0.2, -0.15) is 50.3 Å². The van der Waals surface area contributed by atoms with Crippen molar-refractivity contribution < 1.29 is 111 Å². The minimum absolute atomic E-state index is 0.0412. The van der Waals surface area contributed by atoms with Crippen molar-refractivity contribution in [2.24, 2.45) is 16.1 Å². The molecule has 2 unspecified atom stereocenters. The van der Waals surface area contributed by atoms with E-state index in [4.69, 9.17) is 41.5 Å². The first-order valence-electron chi connectivity index (χ1n) is 26.4. The molecular formula is C52H57F5N15O19PS3. The zero-order chi connectivity index (χ0) is 70.9. The van der Waals surface area contributed by atoms with Gasteiger partial charge >= 0.3 is 37.2 Å². The highest BCUT2D eigenvalue weighted by Crippen LogP contribution is 2.38. The summed E-state index contributed by atoms with van der Waals surface area (Å²) in [5.74, 6) is -3.33. The number of aliphatic carboxylic acids is 1. The van der Waals surface area contributed by atoms with Gasteiger partial charge in [-0.25, -0.2) is 46.6 Å². The third kappa shape index (κ3) is 22.2.